The lowest BCUT2D eigenvalue weighted by Crippen LogP contribution is -2.65. The molecule has 1 N–H and O–H groups in total. The van der Waals surface area contributed by atoms with E-state index in [2.05, 4.69) is 10.4 Å². The maximum Gasteiger partial charge on any atom is 0.358 e. The molecule has 0 radical (unpaired) electrons. The van der Waals surface area contributed by atoms with Crippen molar-refractivity contribution in [1.82, 2.24) is 15.1 Å². The van der Waals surface area contributed by atoms with Crippen LogP contribution in [0, 0.1) is 0 Å². The third-order valence-corrected chi connectivity index (χ3v) is 7.60. The average Bonchev–Trinajstić information content (AvgIpc) is 3.25. The molecule has 0 saturated heterocycles. The highest BCUT2D eigenvalue weighted by Crippen LogP contribution is 2.35. The number of fused-ring (bicyclic) bond motifs is 1. The molecule has 1 unspecified atom stereocenters. The number of nitrogens with one attached hydrogen (secondary N) is 1. The average molecular weight is 499 g/mol. The SMILES string of the molecule is CCOC(=O)c1cc2n(n1)CC(C)(C(=O)NC1CCCCCCC1)N(c1cccc(SC)c1)C2=O. The van der Waals surface area contributed by atoms with Gasteiger partial charge in [0.2, 0.25) is 5.91 Å². The molecule has 8 nitrogen and oxygen atoms in total. The maximum atomic E-state index is 13.9. The minimum absolute atomic E-state index is 0.0673. The number of esters is 1. The van der Waals surface area contributed by atoms with Gasteiger partial charge in [0.15, 0.2) is 5.69 Å². The lowest BCUT2D eigenvalue weighted by atomic mass is 9.91. The van der Waals surface area contributed by atoms with E-state index >= 15 is 0 Å². The number of benzene rings is 1. The molecule has 1 aliphatic heterocycles. The number of aromatic nitrogens is 2. The van der Waals surface area contributed by atoms with Crippen LogP contribution in [0.2, 0.25) is 0 Å². The number of anilines is 1. The van der Waals surface area contributed by atoms with E-state index in [-0.39, 0.29) is 42.4 Å². The van der Waals surface area contributed by atoms with E-state index in [4.69, 9.17) is 4.74 Å². The van der Waals surface area contributed by atoms with E-state index in [1.807, 2.05) is 30.5 Å². The van der Waals surface area contributed by atoms with E-state index in [1.54, 1.807) is 30.5 Å². The first-order chi connectivity index (χ1) is 16.9. The van der Waals surface area contributed by atoms with Gasteiger partial charge in [-0.15, -0.1) is 11.8 Å². The Morgan fingerprint density at radius 1 is 1.17 bits per heavy atom. The zero-order chi connectivity index (χ0) is 25.0. The minimum Gasteiger partial charge on any atom is -0.461 e. The fourth-order valence-corrected chi connectivity index (χ4v) is 5.43. The van der Waals surface area contributed by atoms with Gasteiger partial charge in [0.25, 0.3) is 5.91 Å². The van der Waals surface area contributed by atoms with Crippen LogP contribution in [0.4, 0.5) is 5.69 Å². The number of rotatable bonds is 6. The van der Waals surface area contributed by atoms with Crippen molar-refractivity contribution in [1.29, 1.82) is 0 Å². The van der Waals surface area contributed by atoms with Crippen molar-refractivity contribution in [3.05, 3.63) is 41.7 Å². The quantitative estimate of drug-likeness (QED) is 0.468. The first-order valence-corrected chi connectivity index (χ1v) is 13.6. The topological polar surface area (TPSA) is 93.5 Å². The molecule has 1 atom stereocenters. The lowest BCUT2D eigenvalue weighted by Gasteiger charge is -2.44. The van der Waals surface area contributed by atoms with Crippen LogP contribution in [0.5, 0.6) is 0 Å². The first-order valence-electron chi connectivity index (χ1n) is 12.4. The number of carbonyl (C=O) groups excluding carboxylic acids is 3. The summed E-state index contributed by atoms with van der Waals surface area (Å²) in [7, 11) is 0. The van der Waals surface area contributed by atoms with Gasteiger partial charge in [-0.1, -0.05) is 38.2 Å². The second kappa shape index (κ2) is 10.8. The number of ether oxygens (including phenoxy) is 1. The summed E-state index contributed by atoms with van der Waals surface area (Å²) in [6, 6.07) is 9.16. The van der Waals surface area contributed by atoms with Crippen molar-refractivity contribution in [2.75, 3.05) is 17.8 Å². The van der Waals surface area contributed by atoms with E-state index in [9.17, 15) is 14.4 Å². The van der Waals surface area contributed by atoms with E-state index < -0.39 is 11.5 Å². The Morgan fingerprint density at radius 3 is 2.57 bits per heavy atom. The van der Waals surface area contributed by atoms with Gasteiger partial charge in [0, 0.05) is 22.7 Å². The van der Waals surface area contributed by atoms with Crippen molar-refractivity contribution in [3.63, 3.8) is 0 Å². The zero-order valence-corrected chi connectivity index (χ0v) is 21.5. The number of thioether (sulfide) groups is 1. The summed E-state index contributed by atoms with van der Waals surface area (Å²) >= 11 is 1.57. The molecule has 1 fully saturated rings. The van der Waals surface area contributed by atoms with Gasteiger partial charge >= 0.3 is 5.97 Å². The fraction of sp³-hybridized carbons (Fsp3) is 0.538. The smallest absolute Gasteiger partial charge is 0.358 e. The van der Waals surface area contributed by atoms with Crippen LogP contribution < -0.4 is 10.2 Å². The standard InChI is InChI=1S/C26H34N4O4S/c1-4-34-24(32)21-16-22-23(31)30(19-13-10-14-20(15-19)35-3)26(2,17-29(22)28-21)25(33)27-18-11-8-6-5-7-9-12-18/h10,13-16,18H,4-9,11-12,17H2,1-3H3,(H,27,33). The molecule has 2 amide bonds. The third kappa shape index (κ3) is 5.24. The predicted molar refractivity (Wildman–Crippen MR) is 136 cm³/mol. The molecule has 1 aliphatic carbocycles. The summed E-state index contributed by atoms with van der Waals surface area (Å²) in [5.41, 5.74) is -0.250. The Kier molecular flexibility index (Phi) is 7.84. The van der Waals surface area contributed by atoms with Gasteiger partial charge in [-0.25, -0.2) is 4.79 Å². The summed E-state index contributed by atoms with van der Waals surface area (Å²) in [4.78, 5) is 42.6. The minimum atomic E-state index is -1.22. The molecule has 4 rings (SSSR count). The number of nitrogens with zero attached hydrogens (tertiary/aromatic N) is 3. The fourth-order valence-electron chi connectivity index (χ4n) is 4.98. The summed E-state index contributed by atoms with van der Waals surface area (Å²) < 4.78 is 6.56. The van der Waals surface area contributed by atoms with Crippen molar-refractivity contribution < 1.29 is 19.1 Å². The summed E-state index contributed by atoms with van der Waals surface area (Å²) in [5.74, 6) is -1.16. The highest BCUT2D eigenvalue weighted by atomic mass is 32.2. The molecule has 2 aromatic rings. The summed E-state index contributed by atoms with van der Waals surface area (Å²) in [6.07, 6.45) is 9.65. The molecule has 35 heavy (non-hydrogen) atoms. The lowest BCUT2D eigenvalue weighted by molar-refractivity contribution is -0.127. The Labute approximate surface area is 210 Å². The highest BCUT2D eigenvalue weighted by molar-refractivity contribution is 7.98. The van der Waals surface area contributed by atoms with E-state index in [0.29, 0.717) is 5.69 Å². The molecule has 0 spiro atoms. The maximum absolute atomic E-state index is 13.9. The summed E-state index contributed by atoms with van der Waals surface area (Å²) in [5, 5.41) is 7.60. The monoisotopic (exact) mass is 498 g/mol. The van der Waals surface area contributed by atoms with E-state index in [0.717, 1.165) is 30.6 Å². The molecule has 2 aliphatic rings. The molecule has 1 saturated carbocycles. The Balaban J connectivity index is 1.72. The zero-order valence-electron chi connectivity index (χ0n) is 20.7. The van der Waals surface area contributed by atoms with Crippen molar-refractivity contribution in [3.8, 4) is 0 Å². The van der Waals surface area contributed by atoms with Crippen molar-refractivity contribution >= 4 is 35.2 Å². The normalized spacial score (nSPS) is 21.1. The van der Waals surface area contributed by atoms with Crippen LogP contribution in [0.3, 0.4) is 0 Å². The van der Waals surface area contributed by atoms with Crippen LogP contribution in [-0.4, -0.2) is 52.0 Å². The molecule has 1 aromatic heterocycles. The first kappa shape index (κ1) is 25.3. The van der Waals surface area contributed by atoms with Crippen molar-refractivity contribution in [2.45, 2.75) is 81.8 Å². The van der Waals surface area contributed by atoms with Gasteiger partial charge in [-0.2, -0.15) is 5.10 Å². The molecular weight excluding hydrogens is 464 g/mol. The second-order valence-corrected chi connectivity index (χ2v) is 10.3. The number of amides is 2. The van der Waals surface area contributed by atoms with Gasteiger partial charge < -0.3 is 10.1 Å². The molecule has 0 bridgehead atoms. The molecule has 1 aromatic carbocycles. The summed E-state index contributed by atoms with van der Waals surface area (Å²) in [6.45, 7) is 3.85. The molecule has 2 heterocycles. The van der Waals surface area contributed by atoms with Crippen LogP contribution >= 0.6 is 11.8 Å². The number of hydrogen-bond acceptors (Lipinski definition) is 6. The Hall–Kier alpha value is -2.81. The molecule has 9 heteroatoms. The predicted octanol–water partition coefficient (Wildman–Crippen LogP) is 4.43. The van der Waals surface area contributed by atoms with Gasteiger partial charge in [0.05, 0.1) is 13.2 Å². The van der Waals surface area contributed by atoms with Gasteiger partial charge in [0.1, 0.15) is 11.2 Å². The van der Waals surface area contributed by atoms with Crippen molar-refractivity contribution in [2.24, 2.45) is 0 Å². The largest absolute Gasteiger partial charge is 0.461 e. The Morgan fingerprint density at radius 2 is 1.89 bits per heavy atom. The van der Waals surface area contributed by atoms with Gasteiger partial charge in [-0.3, -0.25) is 19.2 Å². The van der Waals surface area contributed by atoms with Crippen LogP contribution in [0.25, 0.3) is 0 Å². The number of carbonyl (C=O) groups is 3. The van der Waals surface area contributed by atoms with Gasteiger partial charge in [-0.05, 0) is 51.1 Å². The second-order valence-electron chi connectivity index (χ2n) is 9.42. The van der Waals surface area contributed by atoms with Crippen LogP contribution in [-0.2, 0) is 16.1 Å². The van der Waals surface area contributed by atoms with Crippen LogP contribution in [0.1, 0.15) is 79.8 Å². The highest BCUT2D eigenvalue weighted by Gasteiger charge is 2.49. The van der Waals surface area contributed by atoms with Crippen LogP contribution in [0.15, 0.2) is 35.2 Å². The number of hydrogen-bond donors (Lipinski definition) is 1. The van der Waals surface area contributed by atoms with E-state index in [1.165, 1.54) is 30.0 Å². The third-order valence-electron chi connectivity index (χ3n) is 6.88. The molecular formula is C26H34N4O4S. The Bertz CT molecular complexity index is 1090. The molecule has 188 valence electrons.